The Labute approximate surface area is 318 Å². The predicted octanol–water partition coefficient (Wildman–Crippen LogP) is 17.1. The van der Waals surface area contributed by atoms with Gasteiger partial charge in [0.2, 0.25) is 0 Å². The second kappa shape index (κ2) is 39.5. The summed E-state index contributed by atoms with van der Waals surface area (Å²) in [4.78, 5) is 5.47. The highest BCUT2D eigenvalue weighted by Gasteiger charge is 2.24. The number of hydrogen-bond donors (Lipinski definition) is 0. The van der Waals surface area contributed by atoms with Crippen molar-refractivity contribution in [3.05, 3.63) is 12.4 Å². The third kappa shape index (κ3) is 30.9. The predicted molar refractivity (Wildman–Crippen MR) is 228 cm³/mol. The molecule has 298 valence electrons. The van der Waals surface area contributed by atoms with Gasteiger partial charge in [-0.25, -0.2) is 0 Å². The minimum atomic E-state index is 0.636. The van der Waals surface area contributed by atoms with Crippen LogP contribution >= 0.6 is 0 Å². The monoisotopic (exact) mass is 701 g/mol. The molecule has 2 heteroatoms. The molecular weight excluding hydrogens is 605 g/mol. The third-order valence-corrected chi connectivity index (χ3v) is 11.8. The fourth-order valence-corrected chi connectivity index (χ4v) is 8.31. The molecule has 0 unspecified atom stereocenters. The summed E-state index contributed by atoms with van der Waals surface area (Å²) in [5.74, 6) is 0. The Kier molecular flexibility index (Phi) is 37.5. The lowest BCUT2D eigenvalue weighted by Crippen LogP contribution is -2.39. The summed E-state index contributed by atoms with van der Waals surface area (Å²) in [6, 6.07) is 0. The Morgan fingerprint density at radius 1 is 0.260 bits per heavy atom. The Hall–Kier alpha value is -0.660. The van der Waals surface area contributed by atoms with E-state index in [1.807, 2.05) is 0 Å². The molecule has 0 spiro atoms. The molecule has 0 aromatic heterocycles. The van der Waals surface area contributed by atoms with Crippen LogP contribution in [0.1, 0.15) is 278 Å². The Bertz CT molecular complexity index is 621. The van der Waals surface area contributed by atoms with Gasteiger partial charge in [0, 0.05) is 25.5 Å². The Morgan fingerprint density at radius 3 is 0.700 bits per heavy atom. The van der Waals surface area contributed by atoms with E-state index in [2.05, 4.69) is 43.0 Å². The molecule has 0 bridgehead atoms. The van der Waals surface area contributed by atoms with Crippen LogP contribution in [-0.2, 0) is 0 Å². The molecule has 1 aliphatic rings. The standard InChI is InChI=1S/C48H96N2/c1-4-7-10-13-16-19-22-25-26-27-28-31-34-37-40-43-48-49(44-41-38-35-32-29-23-20-17-14-11-8-5-2)46-47-50(48)45-42-39-36-33-30-24-21-18-15-12-9-6-3/h46-48H,4-45H2,1-3H3. The summed E-state index contributed by atoms with van der Waals surface area (Å²) < 4.78 is 0. The fourth-order valence-electron chi connectivity index (χ4n) is 8.31. The minimum absolute atomic E-state index is 0.636. The van der Waals surface area contributed by atoms with Gasteiger partial charge in [-0.3, -0.25) is 0 Å². The number of unbranched alkanes of at least 4 members (excludes halogenated alkanes) is 36. The molecule has 0 aromatic rings. The lowest BCUT2D eigenvalue weighted by Gasteiger charge is -2.33. The quantitative estimate of drug-likeness (QED) is 0.0585. The van der Waals surface area contributed by atoms with Gasteiger partial charge in [-0.2, -0.15) is 0 Å². The van der Waals surface area contributed by atoms with Gasteiger partial charge < -0.3 is 9.80 Å². The number of nitrogens with zero attached hydrogens (tertiary/aromatic N) is 2. The highest BCUT2D eigenvalue weighted by molar-refractivity contribution is 4.97. The van der Waals surface area contributed by atoms with Gasteiger partial charge in [0.15, 0.2) is 0 Å². The van der Waals surface area contributed by atoms with Crippen molar-refractivity contribution in [2.45, 2.75) is 284 Å². The molecule has 0 N–H and O–H groups in total. The minimum Gasteiger partial charge on any atom is -0.356 e. The van der Waals surface area contributed by atoms with Crippen LogP contribution in [0, 0.1) is 0 Å². The van der Waals surface area contributed by atoms with Crippen LogP contribution in [0.2, 0.25) is 0 Å². The lowest BCUT2D eigenvalue weighted by molar-refractivity contribution is 0.135. The van der Waals surface area contributed by atoms with Crippen LogP contribution in [0.15, 0.2) is 12.4 Å². The van der Waals surface area contributed by atoms with Crippen molar-refractivity contribution in [1.82, 2.24) is 9.80 Å². The van der Waals surface area contributed by atoms with Crippen molar-refractivity contribution in [2.24, 2.45) is 0 Å². The highest BCUT2D eigenvalue weighted by atomic mass is 15.4. The summed E-state index contributed by atoms with van der Waals surface area (Å²) >= 11 is 0. The van der Waals surface area contributed by atoms with Crippen molar-refractivity contribution in [3.8, 4) is 0 Å². The molecule has 1 rings (SSSR count). The van der Waals surface area contributed by atoms with E-state index in [1.165, 1.54) is 270 Å². The second-order valence-electron chi connectivity index (χ2n) is 16.8. The molecule has 0 saturated heterocycles. The van der Waals surface area contributed by atoms with Gasteiger partial charge in [-0.1, -0.05) is 252 Å². The van der Waals surface area contributed by atoms with Gasteiger partial charge >= 0.3 is 0 Å². The molecule has 0 fully saturated rings. The lowest BCUT2D eigenvalue weighted by atomic mass is 10.0. The molecule has 1 aliphatic heterocycles. The fraction of sp³-hybridized carbons (Fsp3) is 0.958. The summed E-state index contributed by atoms with van der Waals surface area (Å²) in [6.45, 7) is 9.49. The van der Waals surface area contributed by atoms with Crippen LogP contribution in [0.25, 0.3) is 0 Å². The highest BCUT2D eigenvalue weighted by Crippen LogP contribution is 2.24. The maximum absolute atomic E-state index is 2.74. The molecule has 0 amide bonds. The van der Waals surface area contributed by atoms with Crippen molar-refractivity contribution in [1.29, 1.82) is 0 Å². The van der Waals surface area contributed by atoms with E-state index in [0.29, 0.717) is 6.17 Å². The van der Waals surface area contributed by atoms with Crippen molar-refractivity contribution in [3.63, 3.8) is 0 Å². The molecule has 0 aliphatic carbocycles. The van der Waals surface area contributed by atoms with Crippen molar-refractivity contribution < 1.29 is 0 Å². The van der Waals surface area contributed by atoms with Crippen LogP contribution < -0.4 is 0 Å². The normalized spacial score (nSPS) is 13.4. The first-order chi connectivity index (χ1) is 24.8. The van der Waals surface area contributed by atoms with E-state index in [4.69, 9.17) is 0 Å². The molecule has 0 radical (unpaired) electrons. The average molecular weight is 701 g/mol. The van der Waals surface area contributed by atoms with E-state index in [0.717, 1.165) is 0 Å². The van der Waals surface area contributed by atoms with E-state index >= 15 is 0 Å². The van der Waals surface area contributed by atoms with Crippen LogP contribution in [0.4, 0.5) is 0 Å². The van der Waals surface area contributed by atoms with E-state index in [-0.39, 0.29) is 0 Å². The van der Waals surface area contributed by atoms with E-state index in [9.17, 15) is 0 Å². The van der Waals surface area contributed by atoms with Crippen molar-refractivity contribution in [2.75, 3.05) is 13.1 Å². The van der Waals surface area contributed by atoms with Crippen LogP contribution in [0.5, 0.6) is 0 Å². The van der Waals surface area contributed by atoms with Gasteiger partial charge in [0.1, 0.15) is 6.17 Å². The van der Waals surface area contributed by atoms with Gasteiger partial charge in [-0.15, -0.1) is 0 Å². The molecule has 0 atom stereocenters. The van der Waals surface area contributed by atoms with E-state index < -0.39 is 0 Å². The Balaban J connectivity index is 2.21. The summed E-state index contributed by atoms with van der Waals surface area (Å²) in [7, 11) is 0. The van der Waals surface area contributed by atoms with E-state index in [1.54, 1.807) is 0 Å². The number of rotatable bonds is 42. The van der Waals surface area contributed by atoms with Gasteiger partial charge in [-0.05, 0) is 25.7 Å². The second-order valence-corrected chi connectivity index (χ2v) is 16.8. The molecule has 1 heterocycles. The third-order valence-electron chi connectivity index (χ3n) is 11.8. The van der Waals surface area contributed by atoms with Gasteiger partial charge in [0.25, 0.3) is 0 Å². The zero-order valence-corrected chi connectivity index (χ0v) is 35.3. The molecule has 0 saturated carbocycles. The average Bonchev–Trinajstić information content (AvgIpc) is 3.51. The smallest absolute Gasteiger partial charge is 0.101 e. The number of hydrogen-bond acceptors (Lipinski definition) is 2. The van der Waals surface area contributed by atoms with Crippen LogP contribution in [0.3, 0.4) is 0 Å². The van der Waals surface area contributed by atoms with Gasteiger partial charge in [0.05, 0.1) is 0 Å². The summed E-state index contributed by atoms with van der Waals surface area (Å²) in [5.41, 5.74) is 0. The first-order valence-electron chi connectivity index (χ1n) is 24.0. The first-order valence-corrected chi connectivity index (χ1v) is 24.0. The molecule has 0 aromatic carbocycles. The first kappa shape index (κ1) is 47.4. The maximum Gasteiger partial charge on any atom is 0.101 e. The summed E-state index contributed by atoms with van der Waals surface area (Å²) in [5, 5.41) is 0. The molecular formula is C48H96N2. The van der Waals surface area contributed by atoms with Crippen LogP contribution in [-0.4, -0.2) is 29.1 Å². The maximum atomic E-state index is 2.74. The SMILES string of the molecule is CCCCCCCCCCCCCCCCCC1N(CCCCCCCCCCCCCC)C=CN1CCCCCCCCCCCCCC. The molecule has 2 nitrogen and oxygen atoms in total. The zero-order valence-electron chi connectivity index (χ0n) is 35.3. The van der Waals surface area contributed by atoms with Crippen molar-refractivity contribution >= 4 is 0 Å². The summed E-state index contributed by atoms with van der Waals surface area (Å²) in [6.07, 6.45) is 63.4. The Morgan fingerprint density at radius 2 is 0.460 bits per heavy atom. The topological polar surface area (TPSA) is 6.48 Å². The largest absolute Gasteiger partial charge is 0.356 e. The zero-order chi connectivity index (χ0) is 35.8. The molecule has 50 heavy (non-hydrogen) atoms.